The normalized spacial score (nSPS) is 12.2. The molecule has 0 fully saturated rings. The van der Waals surface area contributed by atoms with Gasteiger partial charge in [0.05, 0.1) is 16.1 Å². The summed E-state index contributed by atoms with van der Waals surface area (Å²) in [6.07, 6.45) is 0. The highest BCUT2D eigenvalue weighted by molar-refractivity contribution is 9.10. The highest BCUT2D eigenvalue weighted by Gasteiger charge is 2.16. The highest BCUT2D eigenvalue weighted by atomic mass is 79.9. The van der Waals surface area contributed by atoms with Crippen LogP contribution in [-0.2, 0) is 0 Å². The van der Waals surface area contributed by atoms with E-state index < -0.39 is 5.82 Å². The van der Waals surface area contributed by atoms with Crippen LogP contribution in [0.15, 0.2) is 40.9 Å². The minimum atomic E-state index is -0.454. The zero-order valence-corrected chi connectivity index (χ0v) is 13.4. The van der Waals surface area contributed by atoms with Gasteiger partial charge in [-0.3, -0.25) is 0 Å². The fourth-order valence-corrected chi connectivity index (χ4v) is 2.52. The van der Waals surface area contributed by atoms with Crippen LogP contribution in [0.3, 0.4) is 0 Å². The second kappa shape index (κ2) is 6.76. The van der Waals surface area contributed by atoms with E-state index in [4.69, 9.17) is 28.9 Å². The molecule has 0 saturated carbocycles. The molecule has 0 aliphatic heterocycles. The van der Waals surface area contributed by atoms with Crippen LogP contribution < -0.4 is 11.1 Å². The number of nitrogens with one attached hydrogen (secondary N) is 1. The van der Waals surface area contributed by atoms with Crippen LogP contribution in [0.25, 0.3) is 0 Å². The Labute approximate surface area is 135 Å². The third-order valence-electron chi connectivity index (χ3n) is 2.85. The van der Waals surface area contributed by atoms with Crippen LogP contribution in [0.1, 0.15) is 11.6 Å². The molecule has 0 aliphatic carbocycles. The molecule has 0 aliphatic rings. The van der Waals surface area contributed by atoms with Crippen LogP contribution >= 0.6 is 39.1 Å². The summed E-state index contributed by atoms with van der Waals surface area (Å²) in [6, 6.07) is 9.86. The van der Waals surface area contributed by atoms with Crippen molar-refractivity contribution in [1.82, 2.24) is 0 Å². The number of halogens is 4. The quantitative estimate of drug-likeness (QED) is 0.786. The second-order valence-corrected chi connectivity index (χ2v) is 5.87. The Bertz CT molecular complexity index is 622. The lowest BCUT2D eigenvalue weighted by molar-refractivity contribution is 0.594. The largest absolute Gasteiger partial charge is 0.377 e. The summed E-state index contributed by atoms with van der Waals surface area (Å²) < 4.78 is 14.8. The standard InChI is InChI=1S/C14H12BrCl2FN2/c15-10-6-8(4-5-11(10)16)20-13(7-19)9-2-1-3-12(17)14(9)18/h1-6,13,20H,7,19H2. The van der Waals surface area contributed by atoms with E-state index in [9.17, 15) is 4.39 Å². The van der Waals surface area contributed by atoms with Crippen LogP contribution in [-0.4, -0.2) is 6.54 Å². The van der Waals surface area contributed by atoms with Gasteiger partial charge >= 0.3 is 0 Å². The molecule has 0 spiro atoms. The van der Waals surface area contributed by atoms with Gasteiger partial charge in [-0.25, -0.2) is 4.39 Å². The van der Waals surface area contributed by atoms with Crippen molar-refractivity contribution in [3.05, 3.63) is 62.3 Å². The summed E-state index contributed by atoms with van der Waals surface area (Å²) in [4.78, 5) is 0. The molecule has 1 unspecified atom stereocenters. The first kappa shape index (κ1) is 15.6. The molecule has 0 bridgehead atoms. The molecule has 1 atom stereocenters. The van der Waals surface area contributed by atoms with Gasteiger partial charge in [0.25, 0.3) is 0 Å². The molecule has 0 radical (unpaired) electrons. The van der Waals surface area contributed by atoms with E-state index in [-0.39, 0.29) is 17.6 Å². The summed E-state index contributed by atoms with van der Waals surface area (Å²) in [5, 5.41) is 3.86. The molecule has 0 aromatic heterocycles. The van der Waals surface area contributed by atoms with Gasteiger partial charge in [-0.2, -0.15) is 0 Å². The molecular weight excluding hydrogens is 366 g/mol. The van der Waals surface area contributed by atoms with Crippen molar-refractivity contribution in [2.75, 3.05) is 11.9 Å². The van der Waals surface area contributed by atoms with Crippen molar-refractivity contribution < 1.29 is 4.39 Å². The fraction of sp³-hybridized carbons (Fsp3) is 0.143. The molecule has 2 nitrogen and oxygen atoms in total. The monoisotopic (exact) mass is 376 g/mol. The van der Waals surface area contributed by atoms with E-state index in [0.717, 1.165) is 10.2 Å². The van der Waals surface area contributed by atoms with Gasteiger partial charge in [0, 0.05) is 22.3 Å². The molecule has 2 aromatic rings. The van der Waals surface area contributed by atoms with Gasteiger partial charge in [-0.1, -0.05) is 35.3 Å². The maximum absolute atomic E-state index is 14.0. The average Bonchev–Trinajstić information content (AvgIpc) is 2.43. The van der Waals surface area contributed by atoms with Gasteiger partial charge in [-0.15, -0.1) is 0 Å². The Morgan fingerprint density at radius 1 is 1.20 bits per heavy atom. The summed E-state index contributed by atoms with van der Waals surface area (Å²) >= 11 is 15.1. The van der Waals surface area contributed by atoms with E-state index in [1.165, 1.54) is 6.07 Å². The Morgan fingerprint density at radius 3 is 2.60 bits per heavy atom. The molecule has 2 aromatic carbocycles. The fourth-order valence-electron chi connectivity index (χ4n) is 1.84. The Balaban J connectivity index is 2.28. The number of anilines is 1. The van der Waals surface area contributed by atoms with E-state index in [1.807, 2.05) is 6.07 Å². The molecule has 0 amide bonds. The first-order chi connectivity index (χ1) is 9.52. The zero-order chi connectivity index (χ0) is 14.7. The third-order valence-corrected chi connectivity index (χ3v) is 4.36. The molecule has 0 heterocycles. The van der Waals surface area contributed by atoms with Crippen LogP contribution in [0, 0.1) is 5.82 Å². The molecule has 106 valence electrons. The van der Waals surface area contributed by atoms with Crippen molar-refractivity contribution in [3.63, 3.8) is 0 Å². The molecular formula is C14H12BrCl2FN2. The average molecular weight is 378 g/mol. The van der Waals surface area contributed by atoms with Crippen molar-refractivity contribution >= 4 is 44.8 Å². The number of hydrogen-bond acceptors (Lipinski definition) is 2. The maximum Gasteiger partial charge on any atom is 0.147 e. The summed E-state index contributed by atoms with van der Waals surface area (Å²) in [7, 11) is 0. The lowest BCUT2D eigenvalue weighted by Crippen LogP contribution is -2.21. The van der Waals surface area contributed by atoms with Gasteiger partial charge in [0.15, 0.2) is 0 Å². The molecule has 20 heavy (non-hydrogen) atoms. The minimum Gasteiger partial charge on any atom is -0.377 e. The first-order valence-electron chi connectivity index (χ1n) is 5.88. The first-order valence-corrected chi connectivity index (χ1v) is 7.43. The van der Waals surface area contributed by atoms with Gasteiger partial charge < -0.3 is 11.1 Å². The number of nitrogens with two attached hydrogens (primary N) is 1. The zero-order valence-electron chi connectivity index (χ0n) is 10.3. The topological polar surface area (TPSA) is 38.0 Å². The minimum absolute atomic E-state index is 0.0834. The summed E-state index contributed by atoms with van der Waals surface area (Å²) in [5.74, 6) is -0.454. The van der Waals surface area contributed by atoms with Crippen LogP contribution in [0.4, 0.5) is 10.1 Å². The number of hydrogen-bond donors (Lipinski definition) is 2. The van der Waals surface area contributed by atoms with Crippen molar-refractivity contribution in [1.29, 1.82) is 0 Å². The summed E-state index contributed by atoms with van der Waals surface area (Å²) in [5.41, 5.74) is 6.95. The molecule has 3 N–H and O–H groups in total. The number of rotatable bonds is 4. The SMILES string of the molecule is NCC(Nc1ccc(Cl)c(Br)c1)c1cccc(Cl)c1F. The predicted molar refractivity (Wildman–Crippen MR) is 86.0 cm³/mol. The Morgan fingerprint density at radius 2 is 1.95 bits per heavy atom. The second-order valence-electron chi connectivity index (χ2n) is 4.20. The maximum atomic E-state index is 14.0. The van der Waals surface area contributed by atoms with Crippen LogP contribution in [0.5, 0.6) is 0 Å². The van der Waals surface area contributed by atoms with Crippen molar-refractivity contribution in [2.24, 2.45) is 5.73 Å². The van der Waals surface area contributed by atoms with Crippen molar-refractivity contribution in [3.8, 4) is 0 Å². The molecule has 0 saturated heterocycles. The van der Waals surface area contributed by atoms with Gasteiger partial charge in [-0.05, 0) is 40.2 Å². The van der Waals surface area contributed by atoms with Gasteiger partial charge in [0.1, 0.15) is 5.82 Å². The van der Waals surface area contributed by atoms with Crippen LogP contribution in [0.2, 0.25) is 10.0 Å². The van der Waals surface area contributed by atoms with E-state index in [2.05, 4.69) is 21.2 Å². The third kappa shape index (κ3) is 3.44. The molecule has 2 rings (SSSR count). The lowest BCUT2D eigenvalue weighted by atomic mass is 10.1. The smallest absolute Gasteiger partial charge is 0.147 e. The highest BCUT2D eigenvalue weighted by Crippen LogP contribution is 2.29. The Kier molecular flexibility index (Phi) is 5.27. The summed E-state index contributed by atoms with van der Waals surface area (Å²) in [6.45, 7) is 0.234. The van der Waals surface area contributed by atoms with E-state index in [1.54, 1.807) is 24.3 Å². The Hall–Kier alpha value is -0.810. The predicted octanol–water partition coefficient (Wildman–Crippen LogP) is 5.01. The van der Waals surface area contributed by atoms with Crippen molar-refractivity contribution in [2.45, 2.75) is 6.04 Å². The van der Waals surface area contributed by atoms with E-state index >= 15 is 0 Å². The number of benzene rings is 2. The van der Waals surface area contributed by atoms with E-state index in [0.29, 0.717) is 10.6 Å². The van der Waals surface area contributed by atoms with Gasteiger partial charge in [0.2, 0.25) is 0 Å². The lowest BCUT2D eigenvalue weighted by Gasteiger charge is -2.20. The molecule has 6 heteroatoms.